The molecule has 0 aromatic heterocycles. The number of likely N-dealkylation sites (N-methyl/N-ethyl adjacent to an activating group) is 1. The molecule has 0 radical (unpaired) electrons. The van der Waals surface area contributed by atoms with E-state index in [1.165, 1.54) is 16.4 Å². The first-order valence-electron chi connectivity index (χ1n) is 6.62. The summed E-state index contributed by atoms with van der Waals surface area (Å²) in [6.07, 6.45) is 0.748. The molecular formula is C13H20FN3O2S. The van der Waals surface area contributed by atoms with Crippen molar-refractivity contribution in [3.05, 3.63) is 29.6 Å². The number of halogens is 1. The Morgan fingerprint density at radius 2 is 2.00 bits per heavy atom. The fourth-order valence-electron chi connectivity index (χ4n) is 2.28. The molecule has 2 N–H and O–H groups in total. The Hall–Kier alpha value is -1.02. The lowest BCUT2D eigenvalue weighted by Crippen LogP contribution is -2.35. The van der Waals surface area contributed by atoms with Gasteiger partial charge < -0.3 is 10.6 Å². The molecule has 0 amide bonds. The van der Waals surface area contributed by atoms with Gasteiger partial charge in [-0.25, -0.2) is 12.8 Å². The average Bonchev–Trinajstić information content (AvgIpc) is 2.63. The molecule has 0 saturated carbocycles. The van der Waals surface area contributed by atoms with Crippen LogP contribution < -0.4 is 5.73 Å². The number of nitrogens with zero attached hydrogens (tertiary/aromatic N) is 2. The zero-order chi connectivity index (χ0) is 14.8. The van der Waals surface area contributed by atoms with Gasteiger partial charge in [-0.1, -0.05) is 6.07 Å². The SMILES string of the molecule is CN1CCCN(S(=O)(=O)c2ccc(CN)cc2F)CC1. The third kappa shape index (κ3) is 3.17. The van der Waals surface area contributed by atoms with Crippen LogP contribution in [-0.2, 0) is 16.6 Å². The fraction of sp³-hybridized carbons (Fsp3) is 0.538. The maximum absolute atomic E-state index is 14.0. The highest BCUT2D eigenvalue weighted by molar-refractivity contribution is 7.89. The van der Waals surface area contributed by atoms with Gasteiger partial charge in [0.05, 0.1) is 0 Å². The lowest BCUT2D eigenvalue weighted by atomic mass is 10.2. The molecule has 1 heterocycles. The minimum Gasteiger partial charge on any atom is -0.326 e. The molecule has 0 unspecified atom stereocenters. The largest absolute Gasteiger partial charge is 0.326 e. The highest BCUT2D eigenvalue weighted by Crippen LogP contribution is 2.21. The number of benzene rings is 1. The van der Waals surface area contributed by atoms with Gasteiger partial charge in [-0.05, 0) is 37.7 Å². The van der Waals surface area contributed by atoms with Gasteiger partial charge >= 0.3 is 0 Å². The summed E-state index contributed by atoms with van der Waals surface area (Å²) in [5.41, 5.74) is 6.01. The van der Waals surface area contributed by atoms with Gasteiger partial charge in [0, 0.05) is 26.2 Å². The predicted octanol–water partition coefficient (Wildman–Crippen LogP) is 0.611. The topological polar surface area (TPSA) is 66.6 Å². The van der Waals surface area contributed by atoms with E-state index in [-0.39, 0.29) is 11.4 Å². The molecule has 1 aromatic carbocycles. The quantitative estimate of drug-likeness (QED) is 0.888. The molecule has 1 fully saturated rings. The summed E-state index contributed by atoms with van der Waals surface area (Å²) in [5.74, 6) is -0.731. The Morgan fingerprint density at radius 1 is 1.25 bits per heavy atom. The van der Waals surface area contributed by atoms with Crippen molar-refractivity contribution in [3.63, 3.8) is 0 Å². The van der Waals surface area contributed by atoms with Gasteiger partial charge in [0.2, 0.25) is 10.0 Å². The number of sulfonamides is 1. The summed E-state index contributed by atoms with van der Waals surface area (Å²) in [5, 5.41) is 0. The summed E-state index contributed by atoms with van der Waals surface area (Å²) in [6.45, 7) is 2.50. The normalized spacial score (nSPS) is 18.9. The molecule has 7 heteroatoms. The van der Waals surface area contributed by atoms with Crippen molar-refractivity contribution in [3.8, 4) is 0 Å². The molecule has 0 aliphatic carbocycles. The van der Waals surface area contributed by atoms with Crippen LogP contribution in [0.1, 0.15) is 12.0 Å². The zero-order valence-corrected chi connectivity index (χ0v) is 12.4. The maximum Gasteiger partial charge on any atom is 0.246 e. The van der Waals surface area contributed by atoms with Gasteiger partial charge in [0.15, 0.2) is 0 Å². The molecule has 1 saturated heterocycles. The molecule has 1 aromatic rings. The van der Waals surface area contributed by atoms with Crippen molar-refractivity contribution >= 4 is 10.0 Å². The number of hydrogen-bond acceptors (Lipinski definition) is 4. The molecule has 0 spiro atoms. The summed E-state index contributed by atoms with van der Waals surface area (Å²) < 4.78 is 40.4. The minimum atomic E-state index is -3.77. The fourth-order valence-corrected chi connectivity index (χ4v) is 3.80. The van der Waals surface area contributed by atoms with Gasteiger partial charge in [0.25, 0.3) is 0 Å². The smallest absolute Gasteiger partial charge is 0.246 e. The molecule has 112 valence electrons. The zero-order valence-electron chi connectivity index (χ0n) is 11.5. The van der Waals surface area contributed by atoms with Crippen LogP contribution in [0.5, 0.6) is 0 Å². The Labute approximate surface area is 119 Å². The lowest BCUT2D eigenvalue weighted by Gasteiger charge is -2.20. The van der Waals surface area contributed by atoms with Crippen LogP contribution in [0.4, 0.5) is 4.39 Å². The second-order valence-electron chi connectivity index (χ2n) is 5.03. The van der Waals surface area contributed by atoms with Crippen molar-refractivity contribution in [2.45, 2.75) is 17.9 Å². The Balaban J connectivity index is 2.30. The van der Waals surface area contributed by atoms with Gasteiger partial charge in [-0.15, -0.1) is 0 Å². The molecule has 0 bridgehead atoms. The second-order valence-corrected chi connectivity index (χ2v) is 6.94. The van der Waals surface area contributed by atoms with Gasteiger partial charge in [-0.3, -0.25) is 0 Å². The third-order valence-corrected chi connectivity index (χ3v) is 5.46. The summed E-state index contributed by atoms with van der Waals surface area (Å²) >= 11 is 0. The van der Waals surface area contributed by atoms with Gasteiger partial charge in [-0.2, -0.15) is 4.31 Å². The second kappa shape index (κ2) is 6.17. The highest BCUT2D eigenvalue weighted by atomic mass is 32.2. The van der Waals surface area contributed by atoms with Crippen LogP contribution in [0.2, 0.25) is 0 Å². The van der Waals surface area contributed by atoms with Crippen LogP contribution in [0, 0.1) is 5.82 Å². The van der Waals surface area contributed by atoms with E-state index in [4.69, 9.17) is 5.73 Å². The van der Waals surface area contributed by atoms with E-state index in [0.29, 0.717) is 25.2 Å². The number of hydrogen-bond donors (Lipinski definition) is 1. The van der Waals surface area contributed by atoms with Crippen molar-refractivity contribution in [2.24, 2.45) is 5.73 Å². The summed E-state index contributed by atoms with van der Waals surface area (Å²) in [4.78, 5) is 1.81. The van der Waals surface area contributed by atoms with E-state index in [0.717, 1.165) is 13.0 Å². The molecule has 5 nitrogen and oxygen atoms in total. The molecule has 2 rings (SSSR count). The van der Waals surface area contributed by atoms with E-state index in [1.54, 1.807) is 6.07 Å². The predicted molar refractivity (Wildman–Crippen MR) is 75.2 cm³/mol. The summed E-state index contributed by atoms with van der Waals surface area (Å²) in [6, 6.07) is 4.05. The summed E-state index contributed by atoms with van der Waals surface area (Å²) in [7, 11) is -1.82. The number of nitrogens with two attached hydrogens (primary N) is 1. The Bertz CT molecular complexity index is 577. The molecular weight excluding hydrogens is 281 g/mol. The Morgan fingerprint density at radius 3 is 2.65 bits per heavy atom. The van der Waals surface area contributed by atoms with E-state index in [2.05, 4.69) is 4.90 Å². The van der Waals surface area contributed by atoms with E-state index in [9.17, 15) is 12.8 Å². The molecule has 20 heavy (non-hydrogen) atoms. The van der Waals surface area contributed by atoms with Crippen molar-refractivity contribution < 1.29 is 12.8 Å². The lowest BCUT2D eigenvalue weighted by molar-refractivity contribution is 0.347. The van der Waals surface area contributed by atoms with Crippen molar-refractivity contribution in [1.82, 2.24) is 9.21 Å². The monoisotopic (exact) mass is 301 g/mol. The Kier molecular flexibility index (Phi) is 4.74. The van der Waals surface area contributed by atoms with Crippen LogP contribution in [-0.4, -0.2) is 50.8 Å². The first-order chi connectivity index (χ1) is 9.45. The average molecular weight is 301 g/mol. The standard InChI is InChI=1S/C13H20FN3O2S/c1-16-5-2-6-17(8-7-16)20(18,19)13-4-3-11(10-15)9-12(13)14/h3-4,9H,2,5-8,10,15H2,1H3. The minimum absolute atomic E-state index is 0.186. The van der Waals surface area contributed by atoms with Crippen molar-refractivity contribution in [1.29, 1.82) is 0 Å². The first kappa shape index (κ1) is 15.4. The third-order valence-electron chi connectivity index (χ3n) is 3.53. The van der Waals surface area contributed by atoms with Crippen LogP contribution in [0.15, 0.2) is 23.1 Å². The number of rotatable bonds is 3. The first-order valence-corrected chi connectivity index (χ1v) is 8.06. The van der Waals surface area contributed by atoms with E-state index >= 15 is 0 Å². The molecule has 1 aliphatic heterocycles. The van der Waals surface area contributed by atoms with E-state index in [1.807, 2.05) is 7.05 Å². The maximum atomic E-state index is 14.0. The van der Waals surface area contributed by atoms with E-state index < -0.39 is 15.8 Å². The highest BCUT2D eigenvalue weighted by Gasteiger charge is 2.28. The van der Waals surface area contributed by atoms with Gasteiger partial charge in [0.1, 0.15) is 10.7 Å². The van der Waals surface area contributed by atoms with Crippen LogP contribution in [0.25, 0.3) is 0 Å². The molecule has 0 atom stereocenters. The van der Waals surface area contributed by atoms with Crippen LogP contribution in [0.3, 0.4) is 0 Å². The van der Waals surface area contributed by atoms with Crippen molar-refractivity contribution in [2.75, 3.05) is 33.2 Å². The van der Waals surface area contributed by atoms with Crippen LogP contribution >= 0.6 is 0 Å². The molecule has 1 aliphatic rings.